The number of carboxylic acid groups (broad SMARTS) is 1. The monoisotopic (exact) mass is 349 g/mol. The molecule has 1 heterocycles. The molecular formula is C20H12ClNO3. The molecular weight excluding hydrogens is 338 g/mol. The summed E-state index contributed by atoms with van der Waals surface area (Å²) in [5.74, 6) is -0.127. The number of rotatable bonds is 4. The van der Waals surface area contributed by atoms with Gasteiger partial charge in [-0.15, -0.1) is 0 Å². The highest BCUT2D eigenvalue weighted by molar-refractivity contribution is 6.33. The molecule has 3 rings (SSSR count). The van der Waals surface area contributed by atoms with Crippen molar-refractivity contribution in [2.75, 3.05) is 0 Å². The summed E-state index contributed by atoms with van der Waals surface area (Å²) in [6.07, 6.45) is 1.63. The number of allylic oxidation sites excluding steroid dienone is 1. The van der Waals surface area contributed by atoms with Crippen LogP contribution >= 0.6 is 11.6 Å². The Hall–Kier alpha value is -3.29. The molecule has 0 fully saturated rings. The van der Waals surface area contributed by atoms with Crippen LogP contribution in [0.25, 0.3) is 23.0 Å². The van der Waals surface area contributed by atoms with Gasteiger partial charge in [-0.1, -0.05) is 41.9 Å². The molecule has 0 aliphatic carbocycles. The van der Waals surface area contributed by atoms with Gasteiger partial charge in [-0.2, -0.15) is 5.26 Å². The van der Waals surface area contributed by atoms with Gasteiger partial charge in [0.15, 0.2) is 0 Å². The Balaban J connectivity index is 1.98. The van der Waals surface area contributed by atoms with Crippen molar-refractivity contribution in [1.82, 2.24) is 0 Å². The van der Waals surface area contributed by atoms with E-state index < -0.39 is 5.97 Å². The molecule has 0 amide bonds. The van der Waals surface area contributed by atoms with Crippen LogP contribution in [0.3, 0.4) is 0 Å². The Bertz CT molecular complexity index is 997. The van der Waals surface area contributed by atoms with Crippen molar-refractivity contribution >= 4 is 29.2 Å². The standard InChI is InChI=1S/C20H12ClNO3/c21-18-8-6-14(20(23)24)11-17(18)19-9-7-16(25-19)10-15(12-22)13-4-2-1-3-5-13/h1-11H,(H,23,24)/b15-10+. The van der Waals surface area contributed by atoms with Crippen LogP contribution in [0.4, 0.5) is 0 Å². The average molecular weight is 350 g/mol. The lowest BCUT2D eigenvalue weighted by Gasteiger charge is -2.02. The number of nitrogens with zero attached hydrogens (tertiary/aromatic N) is 1. The van der Waals surface area contributed by atoms with Crippen molar-refractivity contribution in [1.29, 1.82) is 5.26 Å². The summed E-state index contributed by atoms with van der Waals surface area (Å²) in [6.45, 7) is 0. The van der Waals surface area contributed by atoms with E-state index in [2.05, 4.69) is 6.07 Å². The summed E-state index contributed by atoms with van der Waals surface area (Å²) in [6, 6.07) is 19.2. The van der Waals surface area contributed by atoms with Crippen molar-refractivity contribution in [3.63, 3.8) is 0 Å². The van der Waals surface area contributed by atoms with Crippen molar-refractivity contribution in [3.8, 4) is 17.4 Å². The fourth-order valence-corrected chi connectivity index (χ4v) is 2.57. The number of aromatic carboxylic acids is 1. The van der Waals surface area contributed by atoms with Gasteiger partial charge in [0, 0.05) is 5.56 Å². The van der Waals surface area contributed by atoms with Crippen LogP contribution in [-0.4, -0.2) is 11.1 Å². The Morgan fingerprint density at radius 1 is 1.08 bits per heavy atom. The zero-order valence-electron chi connectivity index (χ0n) is 12.9. The van der Waals surface area contributed by atoms with Crippen molar-refractivity contribution in [2.24, 2.45) is 0 Å². The SMILES string of the molecule is N#C/C(=C\c1ccc(-c2cc(C(=O)O)ccc2Cl)o1)c1ccccc1. The molecule has 0 bridgehead atoms. The zero-order valence-corrected chi connectivity index (χ0v) is 13.7. The highest BCUT2D eigenvalue weighted by atomic mass is 35.5. The van der Waals surface area contributed by atoms with Gasteiger partial charge in [0.05, 0.1) is 22.2 Å². The molecule has 1 aromatic heterocycles. The molecule has 0 saturated carbocycles. The Morgan fingerprint density at radius 2 is 1.84 bits per heavy atom. The maximum Gasteiger partial charge on any atom is 0.335 e. The first kappa shape index (κ1) is 16.6. The van der Waals surface area contributed by atoms with E-state index in [9.17, 15) is 10.1 Å². The number of furan rings is 1. The first-order chi connectivity index (χ1) is 12.1. The summed E-state index contributed by atoms with van der Waals surface area (Å²) in [7, 11) is 0. The summed E-state index contributed by atoms with van der Waals surface area (Å²) < 4.78 is 5.73. The van der Waals surface area contributed by atoms with Gasteiger partial charge in [0.1, 0.15) is 11.5 Å². The largest absolute Gasteiger partial charge is 0.478 e. The second-order valence-corrected chi connectivity index (χ2v) is 5.64. The Labute approximate surface area is 149 Å². The zero-order chi connectivity index (χ0) is 17.8. The van der Waals surface area contributed by atoms with E-state index in [1.165, 1.54) is 18.2 Å². The third-order valence-corrected chi connectivity index (χ3v) is 3.93. The quantitative estimate of drug-likeness (QED) is 0.643. The number of hydrogen-bond donors (Lipinski definition) is 1. The number of halogens is 1. The lowest BCUT2D eigenvalue weighted by atomic mass is 10.1. The topological polar surface area (TPSA) is 74.2 Å². The van der Waals surface area contributed by atoms with Crippen molar-refractivity contribution in [3.05, 3.63) is 82.6 Å². The minimum absolute atomic E-state index is 0.120. The minimum atomic E-state index is -1.04. The minimum Gasteiger partial charge on any atom is -0.478 e. The number of benzene rings is 2. The molecule has 1 N–H and O–H groups in total. The normalized spacial score (nSPS) is 11.1. The molecule has 3 aromatic rings. The summed E-state index contributed by atoms with van der Waals surface area (Å²) >= 11 is 6.15. The van der Waals surface area contributed by atoms with E-state index in [0.29, 0.717) is 27.7 Å². The Kier molecular flexibility index (Phi) is 4.69. The fourth-order valence-electron chi connectivity index (χ4n) is 2.36. The molecule has 25 heavy (non-hydrogen) atoms. The molecule has 0 aliphatic heterocycles. The highest BCUT2D eigenvalue weighted by Crippen LogP contribution is 2.31. The van der Waals surface area contributed by atoms with Crippen molar-refractivity contribution in [2.45, 2.75) is 0 Å². The maximum atomic E-state index is 11.1. The number of hydrogen-bond acceptors (Lipinski definition) is 3. The molecule has 0 saturated heterocycles. The molecule has 122 valence electrons. The van der Waals surface area contributed by atoms with Gasteiger partial charge in [-0.25, -0.2) is 4.79 Å². The third kappa shape index (κ3) is 3.63. The van der Waals surface area contributed by atoms with Gasteiger partial charge in [0.2, 0.25) is 0 Å². The van der Waals surface area contributed by atoms with E-state index in [1.807, 2.05) is 30.3 Å². The van der Waals surface area contributed by atoms with Gasteiger partial charge in [0.25, 0.3) is 0 Å². The molecule has 2 aromatic carbocycles. The second kappa shape index (κ2) is 7.08. The summed E-state index contributed by atoms with van der Waals surface area (Å²) in [5.41, 5.74) is 1.86. The van der Waals surface area contributed by atoms with Crippen molar-refractivity contribution < 1.29 is 14.3 Å². The van der Waals surface area contributed by atoms with Crippen LogP contribution in [0.5, 0.6) is 0 Å². The lowest BCUT2D eigenvalue weighted by Crippen LogP contribution is -1.96. The molecule has 0 spiro atoms. The van der Waals surface area contributed by atoms with E-state index in [1.54, 1.807) is 18.2 Å². The molecule has 0 unspecified atom stereocenters. The van der Waals surface area contributed by atoms with Crippen LogP contribution in [0.15, 0.2) is 65.1 Å². The Morgan fingerprint density at radius 3 is 2.52 bits per heavy atom. The smallest absolute Gasteiger partial charge is 0.335 e. The molecule has 0 radical (unpaired) electrons. The first-order valence-corrected chi connectivity index (χ1v) is 7.76. The van der Waals surface area contributed by atoms with E-state index in [0.717, 1.165) is 5.56 Å². The van der Waals surface area contributed by atoms with Crippen LogP contribution in [0, 0.1) is 11.3 Å². The van der Waals surface area contributed by atoms with Crippen LogP contribution in [0.1, 0.15) is 21.7 Å². The summed E-state index contributed by atoms with van der Waals surface area (Å²) in [4.78, 5) is 11.1. The average Bonchev–Trinajstić information content (AvgIpc) is 3.09. The van der Waals surface area contributed by atoms with Crippen LogP contribution < -0.4 is 0 Å². The van der Waals surface area contributed by atoms with Crippen LogP contribution in [-0.2, 0) is 0 Å². The van der Waals surface area contributed by atoms with Gasteiger partial charge in [-0.05, 0) is 42.0 Å². The fraction of sp³-hybridized carbons (Fsp3) is 0. The highest BCUT2D eigenvalue weighted by Gasteiger charge is 2.12. The maximum absolute atomic E-state index is 11.1. The van der Waals surface area contributed by atoms with Gasteiger partial charge in [-0.3, -0.25) is 0 Å². The van der Waals surface area contributed by atoms with E-state index >= 15 is 0 Å². The lowest BCUT2D eigenvalue weighted by molar-refractivity contribution is 0.0697. The van der Waals surface area contributed by atoms with Gasteiger partial charge >= 0.3 is 5.97 Å². The van der Waals surface area contributed by atoms with E-state index in [4.69, 9.17) is 21.1 Å². The predicted molar refractivity (Wildman–Crippen MR) is 96.0 cm³/mol. The second-order valence-electron chi connectivity index (χ2n) is 5.24. The third-order valence-electron chi connectivity index (χ3n) is 3.60. The van der Waals surface area contributed by atoms with Gasteiger partial charge < -0.3 is 9.52 Å². The molecule has 0 atom stereocenters. The first-order valence-electron chi connectivity index (χ1n) is 7.39. The molecule has 0 aliphatic rings. The van der Waals surface area contributed by atoms with E-state index in [-0.39, 0.29) is 5.56 Å². The number of carbonyl (C=O) groups is 1. The molecule has 5 heteroatoms. The molecule has 4 nitrogen and oxygen atoms in total. The number of nitriles is 1. The summed E-state index contributed by atoms with van der Waals surface area (Å²) in [5, 5.41) is 18.9. The number of carboxylic acids is 1. The van der Waals surface area contributed by atoms with Crippen LogP contribution in [0.2, 0.25) is 5.02 Å². The predicted octanol–water partition coefficient (Wildman–Crippen LogP) is 5.36.